The molecule has 0 aliphatic carbocycles. The summed E-state index contributed by atoms with van der Waals surface area (Å²) in [5, 5.41) is 5.64. The summed E-state index contributed by atoms with van der Waals surface area (Å²) in [4.78, 5) is 12.7. The van der Waals surface area contributed by atoms with E-state index in [0.29, 0.717) is 23.5 Å². The molecule has 0 saturated heterocycles. The van der Waals surface area contributed by atoms with E-state index < -0.39 is 10.0 Å². The van der Waals surface area contributed by atoms with Gasteiger partial charge in [0.15, 0.2) is 5.11 Å². The molecular weight excluding hydrogens is 506 g/mol. The number of ether oxygens (including phenoxy) is 1. The Hall–Kier alpha value is -3.43. The first-order valence-electron chi connectivity index (χ1n) is 12.2. The third-order valence-electron chi connectivity index (χ3n) is 5.75. The highest BCUT2D eigenvalue weighted by Crippen LogP contribution is 2.24. The van der Waals surface area contributed by atoms with Crippen LogP contribution in [0.5, 0.6) is 5.75 Å². The molecule has 3 rings (SSSR count). The van der Waals surface area contributed by atoms with Crippen molar-refractivity contribution in [3.05, 3.63) is 83.4 Å². The molecule has 0 atom stereocenters. The van der Waals surface area contributed by atoms with E-state index in [0.717, 1.165) is 29.7 Å². The standard InChI is InChI=1S/C28H33N3O4S2/c1-4-5-6-7-19-35-24-15-11-22(12-16-24)27(32)30-28(36)29-23-13-17-25(18-14-23)37(33,34)31-26-20(2)9-8-10-21(26)3/h8-18,31H,4-7,19H2,1-3H3,(H2,29,30,32,36). The molecule has 3 aromatic rings. The van der Waals surface area contributed by atoms with Gasteiger partial charge in [-0.3, -0.25) is 14.8 Å². The first-order valence-corrected chi connectivity index (χ1v) is 14.1. The van der Waals surface area contributed by atoms with Crippen molar-refractivity contribution < 1.29 is 17.9 Å². The summed E-state index contributed by atoms with van der Waals surface area (Å²) in [6.07, 6.45) is 4.53. The molecular formula is C28H33N3O4S2. The average molecular weight is 540 g/mol. The Morgan fingerprint density at radius 2 is 1.54 bits per heavy atom. The van der Waals surface area contributed by atoms with Crippen molar-refractivity contribution in [2.24, 2.45) is 0 Å². The molecule has 7 nitrogen and oxygen atoms in total. The van der Waals surface area contributed by atoms with Crippen LogP contribution in [0.1, 0.15) is 54.1 Å². The third kappa shape index (κ3) is 8.30. The minimum absolute atomic E-state index is 0.102. The van der Waals surface area contributed by atoms with Gasteiger partial charge in [0.05, 0.1) is 17.2 Å². The van der Waals surface area contributed by atoms with Crippen LogP contribution in [0.2, 0.25) is 0 Å². The van der Waals surface area contributed by atoms with E-state index in [1.165, 1.54) is 25.0 Å². The maximum Gasteiger partial charge on any atom is 0.261 e. The predicted octanol–water partition coefficient (Wildman–Crippen LogP) is 6.19. The predicted molar refractivity (Wildman–Crippen MR) is 153 cm³/mol. The van der Waals surface area contributed by atoms with E-state index in [2.05, 4.69) is 22.3 Å². The molecule has 0 aliphatic rings. The number of rotatable bonds is 11. The lowest BCUT2D eigenvalue weighted by Gasteiger charge is -2.14. The number of nitrogens with one attached hydrogen (secondary N) is 3. The summed E-state index contributed by atoms with van der Waals surface area (Å²) in [5.41, 5.74) is 3.24. The number of para-hydroxylation sites is 1. The number of hydrogen-bond donors (Lipinski definition) is 3. The van der Waals surface area contributed by atoms with Crippen molar-refractivity contribution in [3.63, 3.8) is 0 Å². The number of thiocarbonyl (C=S) groups is 1. The highest BCUT2D eigenvalue weighted by molar-refractivity contribution is 7.92. The summed E-state index contributed by atoms with van der Waals surface area (Å²) in [6.45, 7) is 6.53. The quantitative estimate of drug-likeness (QED) is 0.199. The van der Waals surface area contributed by atoms with Crippen molar-refractivity contribution in [3.8, 4) is 5.75 Å². The second-order valence-corrected chi connectivity index (χ2v) is 10.8. The van der Waals surface area contributed by atoms with Crippen LogP contribution in [0.3, 0.4) is 0 Å². The van der Waals surface area contributed by atoms with Gasteiger partial charge >= 0.3 is 0 Å². The summed E-state index contributed by atoms with van der Waals surface area (Å²) in [7, 11) is -3.76. The lowest BCUT2D eigenvalue weighted by molar-refractivity contribution is 0.0977. The highest BCUT2D eigenvalue weighted by atomic mass is 32.2. The van der Waals surface area contributed by atoms with Gasteiger partial charge in [0.1, 0.15) is 5.75 Å². The van der Waals surface area contributed by atoms with Crippen LogP contribution in [0.15, 0.2) is 71.6 Å². The fourth-order valence-corrected chi connectivity index (χ4v) is 5.06. The molecule has 0 aliphatic heterocycles. The Morgan fingerprint density at radius 3 is 2.16 bits per heavy atom. The zero-order chi connectivity index (χ0) is 26.8. The van der Waals surface area contributed by atoms with Crippen molar-refractivity contribution in [2.75, 3.05) is 16.6 Å². The Bertz CT molecular complexity index is 1300. The third-order valence-corrected chi connectivity index (χ3v) is 7.32. The maximum absolute atomic E-state index is 12.8. The molecule has 0 heterocycles. The van der Waals surface area contributed by atoms with Gasteiger partial charge in [0.25, 0.3) is 15.9 Å². The molecule has 0 bridgehead atoms. The Morgan fingerprint density at radius 1 is 0.892 bits per heavy atom. The molecule has 196 valence electrons. The zero-order valence-corrected chi connectivity index (χ0v) is 23.0. The van der Waals surface area contributed by atoms with E-state index in [1.54, 1.807) is 36.4 Å². The van der Waals surface area contributed by atoms with E-state index in [-0.39, 0.29) is 15.9 Å². The van der Waals surface area contributed by atoms with Gasteiger partial charge < -0.3 is 10.1 Å². The van der Waals surface area contributed by atoms with Crippen LogP contribution in [-0.4, -0.2) is 26.0 Å². The zero-order valence-electron chi connectivity index (χ0n) is 21.3. The molecule has 1 amide bonds. The van der Waals surface area contributed by atoms with Crippen LogP contribution in [0.4, 0.5) is 11.4 Å². The van der Waals surface area contributed by atoms with Gasteiger partial charge in [-0.25, -0.2) is 8.42 Å². The Kier molecular flexibility index (Phi) is 10.0. The summed E-state index contributed by atoms with van der Waals surface area (Å²) in [6, 6.07) is 18.6. The van der Waals surface area contributed by atoms with E-state index in [1.807, 2.05) is 32.0 Å². The minimum Gasteiger partial charge on any atom is -0.494 e. The number of carbonyl (C=O) groups excluding carboxylic acids is 1. The Balaban J connectivity index is 1.53. The summed E-state index contributed by atoms with van der Waals surface area (Å²) >= 11 is 5.25. The lowest BCUT2D eigenvalue weighted by atomic mass is 10.1. The number of carbonyl (C=O) groups is 1. The number of sulfonamides is 1. The van der Waals surface area contributed by atoms with Gasteiger partial charge in [0.2, 0.25) is 0 Å². The number of amides is 1. The fraction of sp³-hybridized carbons (Fsp3) is 0.286. The van der Waals surface area contributed by atoms with Crippen LogP contribution in [0.25, 0.3) is 0 Å². The van der Waals surface area contributed by atoms with Crippen LogP contribution in [0, 0.1) is 13.8 Å². The van der Waals surface area contributed by atoms with Gasteiger partial charge in [-0.2, -0.15) is 0 Å². The largest absolute Gasteiger partial charge is 0.494 e. The minimum atomic E-state index is -3.76. The monoisotopic (exact) mass is 539 g/mol. The molecule has 0 aromatic heterocycles. The molecule has 0 fully saturated rings. The summed E-state index contributed by atoms with van der Waals surface area (Å²) in [5.74, 6) is 0.361. The molecule has 0 saturated carbocycles. The van der Waals surface area contributed by atoms with Gasteiger partial charge in [0, 0.05) is 11.3 Å². The maximum atomic E-state index is 12.8. The van der Waals surface area contributed by atoms with Crippen molar-refractivity contribution in [1.82, 2.24) is 5.32 Å². The SMILES string of the molecule is CCCCCCOc1ccc(C(=O)NC(=S)Nc2ccc(S(=O)(=O)Nc3c(C)cccc3C)cc2)cc1. The first kappa shape index (κ1) is 28.1. The van der Waals surface area contributed by atoms with Crippen LogP contribution >= 0.6 is 12.2 Å². The van der Waals surface area contributed by atoms with Crippen LogP contribution in [-0.2, 0) is 10.0 Å². The van der Waals surface area contributed by atoms with Crippen molar-refractivity contribution >= 4 is 44.6 Å². The van der Waals surface area contributed by atoms with Gasteiger partial charge in [-0.1, -0.05) is 44.4 Å². The van der Waals surface area contributed by atoms with Crippen molar-refractivity contribution in [2.45, 2.75) is 51.3 Å². The van der Waals surface area contributed by atoms with E-state index in [4.69, 9.17) is 17.0 Å². The number of aryl methyl sites for hydroxylation is 2. The second kappa shape index (κ2) is 13.2. The first-order chi connectivity index (χ1) is 17.7. The number of benzene rings is 3. The molecule has 0 spiro atoms. The number of unbranched alkanes of at least 4 members (excludes halogenated alkanes) is 3. The normalized spacial score (nSPS) is 11.0. The fourth-order valence-electron chi connectivity index (χ4n) is 3.65. The van der Waals surface area contributed by atoms with Gasteiger partial charge in [-0.05, 0) is 92.1 Å². The second-order valence-electron chi connectivity index (χ2n) is 8.74. The van der Waals surface area contributed by atoms with Crippen molar-refractivity contribution in [1.29, 1.82) is 0 Å². The Labute approximate surface area is 224 Å². The number of hydrogen-bond acceptors (Lipinski definition) is 5. The summed E-state index contributed by atoms with van der Waals surface area (Å²) < 4.78 is 34.1. The topological polar surface area (TPSA) is 96.5 Å². The van der Waals surface area contributed by atoms with E-state index >= 15 is 0 Å². The molecule has 9 heteroatoms. The molecule has 3 N–H and O–H groups in total. The highest BCUT2D eigenvalue weighted by Gasteiger charge is 2.17. The van der Waals surface area contributed by atoms with Crippen LogP contribution < -0.4 is 20.1 Å². The molecule has 0 unspecified atom stereocenters. The van der Waals surface area contributed by atoms with E-state index in [9.17, 15) is 13.2 Å². The van der Waals surface area contributed by atoms with Gasteiger partial charge in [-0.15, -0.1) is 0 Å². The molecule has 37 heavy (non-hydrogen) atoms. The molecule has 0 radical (unpaired) electrons. The molecule has 3 aromatic carbocycles. The number of anilines is 2. The smallest absolute Gasteiger partial charge is 0.261 e. The lowest BCUT2D eigenvalue weighted by Crippen LogP contribution is -2.34. The average Bonchev–Trinajstić information content (AvgIpc) is 2.87.